The molecule has 0 spiro atoms. The van der Waals surface area contributed by atoms with Crippen LogP contribution >= 0.6 is 12.4 Å². The van der Waals surface area contributed by atoms with Gasteiger partial charge in [0.1, 0.15) is 0 Å². The number of nitrogens with one attached hydrogen (secondary N) is 2. The van der Waals surface area contributed by atoms with Crippen LogP contribution in [0.25, 0.3) is 0 Å². The fourth-order valence-corrected chi connectivity index (χ4v) is 4.03. The summed E-state index contributed by atoms with van der Waals surface area (Å²) in [6.07, 6.45) is 5.12. The van der Waals surface area contributed by atoms with Gasteiger partial charge in [0, 0.05) is 38.0 Å². The van der Waals surface area contributed by atoms with Crippen LogP contribution in [0.5, 0.6) is 0 Å². The Morgan fingerprint density at radius 1 is 0.857 bits per heavy atom. The number of rotatable bonds is 6. The number of amides is 1. The first-order valence-corrected chi connectivity index (χ1v) is 9.92. The molecular formula is C23H27ClN2O2. The van der Waals surface area contributed by atoms with Crippen LogP contribution in [-0.2, 0) is 37.3 Å². The van der Waals surface area contributed by atoms with Crippen molar-refractivity contribution < 1.29 is 9.59 Å². The molecule has 0 aromatic heterocycles. The molecule has 1 aliphatic carbocycles. The van der Waals surface area contributed by atoms with Gasteiger partial charge in [-0.25, -0.2) is 0 Å². The normalized spacial score (nSPS) is 14.6. The first-order chi connectivity index (χ1) is 13.2. The van der Waals surface area contributed by atoms with Gasteiger partial charge in [0.05, 0.1) is 0 Å². The Morgan fingerprint density at radius 3 is 2.46 bits per heavy atom. The summed E-state index contributed by atoms with van der Waals surface area (Å²) in [6, 6.07) is 12.4. The number of benzene rings is 2. The third-order valence-electron chi connectivity index (χ3n) is 5.64. The lowest BCUT2D eigenvalue weighted by Crippen LogP contribution is -2.23. The molecule has 2 aromatic carbocycles. The second kappa shape index (κ2) is 9.35. The summed E-state index contributed by atoms with van der Waals surface area (Å²) in [7, 11) is 0. The fourth-order valence-electron chi connectivity index (χ4n) is 4.03. The topological polar surface area (TPSA) is 58.2 Å². The fraction of sp³-hybridized carbons (Fsp3) is 0.391. The van der Waals surface area contributed by atoms with Crippen molar-refractivity contribution in [3.8, 4) is 0 Å². The van der Waals surface area contributed by atoms with E-state index in [9.17, 15) is 9.59 Å². The smallest absolute Gasteiger partial charge is 0.220 e. The SMILES string of the molecule is Cl.O=C(CCC(=O)c1ccc2c(c1)CCCC2)NCc1ccc2c(c1)CNC2. The molecule has 148 valence electrons. The molecule has 5 heteroatoms. The van der Waals surface area contributed by atoms with Crippen LogP contribution in [0, 0.1) is 0 Å². The largest absolute Gasteiger partial charge is 0.352 e. The van der Waals surface area contributed by atoms with E-state index in [1.807, 2.05) is 12.1 Å². The summed E-state index contributed by atoms with van der Waals surface area (Å²) in [5, 5.41) is 6.26. The van der Waals surface area contributed by atoms with Gasteiger partial charge in [-0.2, -0.15) is 0 Å². The molecular weight excluding hydrogens is 372 g/mol. The molecule has 2 aliphatic rings. The Morgan fingerprint density at radius 2 is 1.61 bits per heavy atom. The van der Waals surface area contributed by atoms with Gasteiger partial charge >= 0.3 is 0 Å². The molecule has 0 saturated carbocycles. The molecule has 0 radical (unpaired) electrons. The highest BCUT2D eigenvalue weighted by molar-refractivity contribution is 5.98. The number of fused-ring (bicyclic) bond motifs is 2. The van der Waals surface area contributed by atoms with Gasteiger partial charge in [-0.05, 0) is 59.6 Å². The van der Waals surface area contributed by atoms with E-state index in [1.54, 1.807) is 0 Å². The number of halogens is 1. The lowest BCUT2D eigenvalue weighted by molar-refractivity contribution is -0.121. The monoisotopic (exact) mass is 398 g/mol. The van der Waals surface area contributed by atoms with E-state index in [1.165, 1.54) is 35.1 Å². The van der Waals surface area contributed by atoms with Crippen LogP contribution in [0.3, 0.4) is 0 Å². The first-order valence-electron chi connectivity index (χ1n) is 9.92. The quantitative estimate of drug-likeness (QED) is 0.726. The zero-order valence-corrected chi connectivity index (χ0v) is 16.9. The molecule has 0 unspecified atom stereocenters. The molecule has 4 nitrogen and oxygen atoms in total. The highest BCUT2D eigenvalue weighted by atomic mass is 35.5. The third kappa shape index (κ3) is 4.81. The third-order valence-corrected chi connectivity index (χ3v) is 5.64. The molecule has 0 atom stereocenters. The van der Waals surface area contributed by atoms with Crippen molar-refractivity contribution in [2.45, 2.75) is 58.2 Å². The van der Waals surface area contributed by atoms with Gasteiger partial charge in [0.2, 0.25) is 5.91 Å². The van der Waals surface area contributed by atoms with Crippen molar-refractivity contribution in [3.63, 3.8) is 0 Å². The summed E-state index contributed by atoms with van der Waals surface area (Å²) in [5.74, 6) is -0.0120. The maximum atomic E-state index is 12.5. The summed E-state index contributed by atoms with van der Waals surface area (Å²) >= 11 is 0. The number of hydrogen-bond acceptors (Lipinski definition) is 3. The Hall–Kier alpha value is -2.17. The van der Waals surface area contributed by atoms with Crippen LogP contribution in [-0.4, -0.2) is 11.7 Å². The number of hydrogen-bond donors (Lipinski definition) is 2. The van der Waals surface area contributed by atoms with Crippen molar-refractivity contribution in [2.24, 2.45) is 0 Å². The van der Waals surface area contributed by atoms with Crippen LogP contribution < -0.4 is 10.6 Å². The van der Waals surface area contributed by atoms with Crippen molar-refractivity contribution in [1.82, 2.24) is 10.6 Å². The van der Waals surface area contributed by atoms with E-state index in [2.05, 4.69) is 34.9 Å². The molecule has 1 aliphatic heterocycles. The van der Waals surface area contributed by atoms with Crippen molar-refractivity contribution in [1.29, 1.82) is 0 Å². The number of aryl methyl sites for hydroxylation is 2. The van der Waals surface area contributed by atoms with Gasteiger partial charge in [-0.3, -0.25) is 9.59 Å². The minimum atomic E-state index is -0.0695. The average molecular weight is 399 g/mol. The highest BCUT2D eigenvalue weighted by Gasteiger charge is 2.14. The molecule has 2 aromatic rings. The predicted octanol–water partition coefficient (Wildman–Crippen LogP) is 3.87. The molecule has 4 rings (SSSR count). The molecule has 28 heavy (non-hydrogen) atoms. The minimum Gasteiger partial charge on any atom is -0.352 e. The maximum absolute atomic E-state index is 12.5. The molecule has 0 fully saturated rings. The number of carbonyl (C=O) groups is 2. The summed E-state index contributed by atoms with van der Waals surface area (Å²) in [5.41, 5.74) is 7.18. The lowest BCUT2D eigenvalue weighted by Gasteiger charge is -2.16. The van der Waals surface area contributed by atoms with E-state index < -0.39 is 0 Å². The Labute approximate surface area is 172 Å². The van der Waals surface area contributed by atoms with E-state index >= 15 is 0 Å². The van der Waals surface area contributed by atoms with Gasteiger partial charge in [-0.15, -0.1) is 12.4 Å². The lowest BCUT2D eigenvalue weighted by atomic mass is 9.89. The molecule has 1 amide bonds. The number of ketones is 1. The zero-order valence-electron chi connectivity index (χ0n) is 16.1. The van der Waals surface area contributed by atoms with Crippen LogP contribution in [0.2, 0.25) is 0 Å². The molecule has 0 saturated heterocycles. The Balaban J connectivity index is 0.00000225. The summed E-state index contributed by atoms with van der Waals surface area (Å²) in [6.45, 7) is 2.33. The highest BCUT2D eigenvalue weighted by Crippen LogP contribution is 2.23. The van der Waals surface area contributed by atoms with Crippen LogP contribution in [0.1, 0.15) is 63.9 Å². The molecule has 2 N–H and O–H groups in total. The Bertz CT molecular complexity index is 879. The van der Waals surface area contributed by atoms with Gasteiger partial charge in [-0.1, -0.05) is 30.3 Å². The molecule has 1 heterocycles. The van der Waals surface area contributed by atoms with Crippen molar-refractivity contribution in [2.75, 3.05) is 0 Å². The Kier molecular flexibility index (Phi) is 6.87. The van der Waals surface area contributed by atoms with Gasteiger partial charge < -0.3 is 10.6 Å². The van der Waals surface area contributed by atoms with Gasteiger partial charge in [0.15, 0.2) is 5.78 Å². The minimum absolute atomic E-state index is 0. The van der Waals surface area contributed by atoms with Crippen molar-refractivity contribution in [3.05, 3.63) is 69.8 Å². The standard InChI is InChI=1S/C23H26N2O2.ClH/c26-22(19-8-7-17-3-1-2-4-18(17)12-19)9-10-23(27)25-13-16-5-6-20-14-24-15-21(20)11-16;/h5-8,11-12,24H,1-4,9-10,13-15H2,(H,25,27);1H. The molecule has 0 bridgehead atoms. The predicted molar refractivity (Wildman–Crippen MR) is 113 cm³/mol. The second-order valence-electron chi connectivity index (χ2n) is 7.60. The van der Waals surface area contributed by atoms with E-state index in [0.29, 0.717) is 6.54 Å². The summed E-state index contributed by atoms with van der Waals surface area (Å²) in [4.78, 5) is 24.6. The second-order valence-corrected chi connectivity index (χ2v) is 7.60. The first kappa shape index (κ1) is 20.6. The summed E-state index contributed by atoms with van der Waals surface area (Å²) < 4.78 is 0. The number of carbonyl (C=O) groups excluding carboxylic acids is 2. The average Bonchev–Trinajstić information content (AvgIpc) is 3.18. The van der Waals surface area contributed by atoms with Gasteiger partial charge in [0.25, 0.3) is 0 Å². The van der Waals surface area contributed by atoms with Crippen molar-refractivity contribution >= 4 is 24.1 Å². The van der Waals surface area contributed by atoms with Crippen LogP contribution in [0.15, 0.2) is 36.4 Å². The van der Waals surface area contributed by atoms with E-state index in [4.69, 9.17) is 0 Å². The van der Waals surface area contributed by atoms with E-state index in [-0.39, 0.29) is 36.9 Å². The maximum Gasteiger partial charge on any atom is 0.220 e. The zero-order chi connectivity index (χ0) is 18.6. The van der Waals surface area contributed by atoms with E-state index in [0.717, 1.165) is 37.1 Å². The van der Waals surface area contributed by atoms with Crippen LogP contribution in [0.4, 0.5) is 0 Å². The number of Topliss-reactive ketones (excluding diaryl/α,β-unsaturated/α-hetero) is 1.